The van der Waals surface area contributed by atoms with Gasteiger partial charge in [0.25, 0.3) is 11.5 Å². The van der Waals surface area contributed by atoms with Gasteiger partial charge in [0.15, 0.2) is 0 Å². The van der Waals surface area contributed by atoms with Crippen LogP contribution in [0.1, 0.15) is 10.4 Å². The molecule has 12 heavy (non-hydrogen) atoms. The van der Waals surface area contributed by atoms with Crippen LogP contribution in [-0.2, 0) is 0 Å². The predicted octanol–water partition coefficient (Wildman–Crippen LogP) is -0.683. The molecule has 1 aromatic heterocycles. The molecule has 5 nitrogen and oxygen atoms in total. The summed E-state index contributed by atoms with van der Waals surface area (Å²) in [6.07, 6.45) is 1.39. The van der Waals surface area contributed by atoms with Gasteiger partial charge in [-0.2, -0.15) is 0 Å². The summed E-state index contributed by atoms with van der Waals surface area (Å²) >= 11 is 0. The van der Waals surface area contributed by atoms with Gasteiger partial charge in [0.2, 0.25) is 0 Å². The van der Waals surface area contributed by atoms with E-state index in [0.29, 0.717) is 0 Å². The number of aromatic nitrogens is 1. The number of carbonyl (C=O) groups excluding carboxylic acids is 1. The van der Waals surface area contributed by atoms with Crippen molar-refractivity contribution in [2.24, 2.45) is 0 Å². The number of carbonyl (C=O) groups is 1. The van der Waals surface area contributed by atoms with E-state index >= 15 is 0 Å². The Morgan fingerprint density at radius 2 is 2.33 bits per heavy atom. The van der Waals surface area contributed by atoms with Gasteiger partial charge in [-0.3, -0.25) is 9.59 Å². The Bertz CT molecular complexity index is 356. The summed E-state index contributed by atoms with van der Waals surface area (Å²) in [5.41, 5.74) is 5.08. The Morgan fingerprint density at radius 1 is 1.67 bits per heavy atom. The third-order valence-corrected chi connectivity index (χ3v) is 1.45. The number of nitrogens with one attached hydrogen (secondary N) is 2. The smallest absolute Gasteiger partial charge is 0.262 e. The van der Waals surface area contributed by atoms with Crippen LogP contribution in [0, 0.1) is 0 Å². The molecule has 0 radical (unpaired) electrons. The molecule has 0 atom stereocenters. The van der Waals surface area contributed by atoms with Gasteiger partial charge in [-0.15, -0.1) is 0 Å². The molecule has 64 valence electrons. The van der Waals surface area contributed by atoms with Crippen molar-refractivity contribution in [1.82, 2.24) is 10.3 Å². The van der Waals surface area contributed by atoms with Crippen LogP contribution in [0.5, 0.6) is 0 Å². The van der Waals surface area contributed by atoms with E-state index < -0.39 is 11.5 Å². The summed E-state index contributed by atoms with van der Waals surface area (Å²) < 4.78 is 0. The lowest BCUT2D eigenvalue weighted by Gasteiger charge is -2.00. The van der Waals surface area contributed by atoms with E-state index in [-0.39, 0.29) is 11.3 Å². The molecule has 1 rings (SSSR count). The molecule has 0 saturated heterocycles. The second-order valence-electron chi connectivity index (χ2n) is 2.22. The minimum atomic E-state index is -0.477. The van der Waals surface area contributed by atoms with Gasteiger partial charge < -0.3 is 16.0 Å². The normalized spacial score (nSPS) is 9.42. The fourth-order valence-electron chi connectivity index (χ4n) is 0.853. The number of hydrogen-bond acceptors (Lipinski definition) is 3. The Kier molecular flexibility index (Phi) is 2.14. The first-order valence-corrected chi connectivity index (χ1v) is 3.36. The number of nitrogens with two attached hydrogens (primary N) is 1. The maximum absolute atomic E-state index is 11.0. The molecule has 1 amide bonds. The van der Waals surface area contributed by atoms with E-state index in [1.165, 1.54) is 19.3 Å². The summed E-state index contributed by atoms with van der Waals surface area (Å²) in [4.78, 5) is 24.4. The van der Waals surface area contributed by atoms with Gasteiger partial charge in [0.1, 0.15) is 5.56 Å². The van der Waals surface area contributed by atoms with Crippen molar-refractivity contribution in [3.05, 3.63) is 28.2 Å². The fraction of sp³-hybridized carbons (Fsp3) is 0.143. The zero-order valence-electron chi connectivity index (χ0n) is 6.55. The molecule has 0 aromatic carbocycles. The standard InChI is InChI=1S/C7H9N3O2/c1-9-6(11)5-4(8)2-3-10-7(5)12/h2-3H,1H3,(H,9,11)(H3,8,10,12). The van der Waals surface area contributed by atoms with Gasteiger partial charge in [-0.1, -0.05) is 0 Å². The van der Waals surface area contributed by atoms with Crippen molar-refractivity contribution in [2.75, 3.05) is 12.8 Å². The minimum Gasteiger partial charge on any atom is -0.398 e. The Morgan fingerprint density at radius 3 is 2.83 bits per heavy atom. The molecule has 0 saturated carbocycles. The number of pyridine rings is 1. The van der Waals surface area contributed by atoms with E-state index in [9.17, 15) is 9.59 Å². The lowest BCUT2D eigenvalue weighted by atomic mass is 10.2. The molecule has 0 fully saturated rings. The molecule has 0 spiro atoms. The number of anilines is 1. The van der Waals surface area contributed by atoms with E-state index in [1.807, 2.05) is 0 Å². The monoisotopic (exact) mass is 167 g/mol. The number of hydrogen-bond donors (Lipinski definition) is 3. The van der Waals surface area contributed by atoms with Gasteiger partial charge in [0, 0.05) is 13.2 Å². The van der Waals surface area contributed by atoms with Crippen LogP contribution in [0.2, 0.25) is 0 Å². The Hall–Kier alpha value is -1.78. The number of nitrogen functional groups attached to an aromatic ring is 1. The lowest BCUT2D eigenvalue weighted by Crippen LogP contribution is -2.27. The van der Waals surface area contributed by atoms with Crippen LogP contribution in [0.3, 0.4) is 0 Å². The highest BCUT2D eigenvalue weighted by atomic mass is 16.2. The van der Waals surface area contributed by atoms with Crippen LogP contribution in [0.15, 0.2) is 17.1 Å². The van der Waals surface area contributed by atoms with Crippen LogP contribution < -0.4 is 16.6 Å². The second-order valence-corrected chi connectivity index (χ2v) is 2.22. The Balaban J connectivity index is 3.31. The Labute approximate surface area is 68.6 Å². The molecule has 5 heteroatoms. The molecular weight excluding hydrogens is 158 g/mol. The lowest BCUT2D eigenvalue weighted by molar-refractivity contribution is 0.0962. The van der Waals surface area contributed by atoms with Gasteiger partial charge in [0.05, 0.1) is 5.69 Å². The van der Waals surface area contributed by atoms with Crippen molar-refractivity contribution < 1.29 is 4.79 Å². The van der Waals surface area contributed by atoms with Crippen LogP contribution in [0.25, 0.3) is 0 Å². The van der Waals surface area contributed by atoms with Crippen molar-refractivity contribution >= 4 is 11.6 Å². The highest BCUT2D eigenvalue weighted by molar-refractivity contribution is 5.98. The van der Waals surface area contributed by atoms with Gasteiger partial charge >= 0.3 is 0 Å². The highest BCUT2D eigenvalue weighted by Crippen LogP contribution is 2.02. The molecular formula is C7H9N3O2. The number of H-pyrrole nitrogens is 1. The fourth-order valence-corrected chi connectivity index (χ4v) is 0.853. The summed E-state index contributed by atoms with van der Waals surface area (Å²) in [6.45, 7) is 0. The van der Waals surface area contributed by atoms with E-state index in [0.717, 1.165) is 0 Å². The van der Waals surface area contributed by atoms with Gasteiger partial charge in [-0.25, -0.2) is 0 Å². The molecule has 1 heterocycles. The van der Waals surface area contributed by atoms with Crippen molar-refractivity contribution in [1.29, 1.82) is 0 Å². The third kappa shape index (κ3) is 1.29. The van der Waals surface area contributed by atoms with E-state index in [4.69, 9.17) is 5.73 Å². The average Bonchev–Trinajstić information content (AvgIpc) is 2.03. The van der Waals surface area contributed by atoms with Crippen molar-refractivity contribution in [2.45, 2.75) is 0 Å². The van der Waals surface area contributed by atoms with Gasteiger partial charge in [-0.05, 0) is 6.07 Å². The van der Waals surface area contributed by atoms with Crippen molar-refractivity contribution in [3.63, 3.8) is 0 Å². The number of rotatable bonds is 1. The molecule has 0 aliphatic carbocycles. The summed E-state index contributed by atoms with van der Waals surface area (Å²) in [6, 6.07) is 1.46. The quantitative estimate of drug-likeness (QED) is 0.517. The maximum Gasteiger partial charge on any atom is 0.262 e. The van der Waals surface area contributed by atoms with E-state index in [1.54, 1.807) is 0 Å². The molecule has 4 N–H and O–H groups in total. The summed E-state index contributed by atoms with van der Waals surface area (Å²) in [5, 5.41) is 2.32. The van der Waals surface area contributed by atoms with Crippen molar-refractivity contribution in [3.8, 4) is 0 Å². The first kappa shape index (κ1) is 8.32. The zero-order chi connectivity index (χ0) is 9.14. The first-order chi connectivity index (χ1) is 5.66. The average molecular weight is 167 g/mol. The molecule has 0 aliphatic rings. The zero-order valence-corrected chi connectivity index (χ0v) is 6.55. The minimum absolute atomic E-state index is 0.0417. The first-order valence-electron chi connectivity index (χ1n) is 3.36. The van der Waals surface area contributed by atoms with Crippen LogP contribution >= 0.6 is 0 Å². The molecule has 1 aromatic rings. The predicted molar refractivity (Wildman–Crippen MR) is 44.9 cm³/mol. The summed E-state index contributed by atoms with van der Waals surface area (Å²) in [7, 11) is 1.44. The topological polar surface area (TPSA) is 88.0 Å². The number of aromatic amines is 1. The summed E-state index contributed by atoms with van der Waals surface area (Å²) in [5.74, 6) is -0.477. The largest absolute Gasteiger partial charge is 0.398 e. The number of amides is 1. The molecule has 0 aliphatic heterocycles. The highest BCUT2D eigenvalue weighted by Gasteiger charge is 2.11. The molecule has 0 bridgehead atoms. The molecule has 0 unspecified atom stereocenters. The maximum atomic E-state index is 11.0. The third-order valence-electron chi connectivity index (χ3n) is 1.45. The SMILES string of the molecule is CNC(=O)c1c(N)cc[nH]c1=O. The van der Waals surface area contributed by atoms with Crippen LogP contribution in [0.4, 0.5) is 5.69 Å². The second kappa shape index (κ2) is 3.08. The van der Waals surface area contributed by atoms with Crippen LogP contribution in [-0.4, -0.2) is 17.9 Å². The van der Waals surface area contributed by atoms with E-state index in [2.05, 4.69) is 10.3 Å².